The molecule has 3 heterocycles. The second-order valence-corrected chi connectivity index (χ2v) is 8.95. The van der Waals surface area contributed by atoms with Gasteiger partial charge in [0.25, 0.3) is 16.8 Å². The van der Waals surface area contributed by atoms with E-state index < -0.39 is 28.5 Å². The predicted octanol–water partition coefficient (Wildman–Crippen LogP) is 4.23. The molecule has 0 spiro atoms. The summed E-state index contributed by atoms with van der Waals surface area (Å²) in [5.41, 5.74) is 0.927. The van der Waals surface area contributed by atoms with Crippen molar-refractivity contribution < 1.29 is 33.5 Å². The average Bonchev–Trinajstić information content (AvgIpc) is 3.17. The maximum Gasteiger partial charge on any atom is 0.294 e. The maximum atomic E-state index is 12.8. The van der Waals surface area contributed by atoms with E-state index >= 15 is 0 Å². The first kappa shape index (κ1) is 24.8. The van der Waals surface area contributed by atoms with Gasteiger partial charge in [0, 0.05) is 23.9 Å². The van der Waals surface area contributed by atoms with Crippen LogP contribution in [0, 0.1) is 10.1 Å². The first-order valence-electron chi connectivity index (χ1n) is 11.2. The third-order valence-electron chi connectivity index (χ3n) is 5.33. The Bertz CT molecular complexity index is 1460. The van der Waals surface area contributed by atoms with E-state index in [0.717, 1.165) is 22.9 Å². The molecule has 13 heteroatoms. The number of anilines is 1. The van der Waals surface area contributed by atoms with Crippen molar-refractivity contribution in [2.24, 2.45) is 0 Å². The number of imide groups is 1. The summed E-state index contributed by atoms with van der Waals surface area (Å²) in [5, 5.41) is 12.8. The van der Waals surface area contributed by atoms with Crippen molar-refractivity contribution >= 4 is 46.3 Å². The first-order chi connectivity index (χ1) is 18.4. The number of carbonyl (C=O) groups is 3. The Morgan fingerprint density at radius 2 is 1.87 bits per heavy atom. The van der Waals surface area contributed by atoms with E-state index in [1.807, 2.05) is 0 Å². The maximum absolute atomic E-state index is 12.8. The number of pyridine rings is 1. The number of benzene rings is 2. The number of hydrogen-bond acceptors (Lipinski definition) is 10. The molecule has 38 heavy (non-hydrogen) atoms. The van der Waals surface area contributed by atoms with Crippen molar-refractivity contribution in [2.75, 3.05) is 25.1 Å². The zero-order chi connectivity index (χ0) is 26.6. The second-order valence-electron chi connectivity index (χ2n) is 7.96. The van der Waals surface area contributed by atoms with Crippen molar-refractivity contribution in [3.8, 4) is 23.1 Å². The first-order valence-corrected chi connectivity index (χ1v) is 12.0. The summed E-state index contributed by atoms with van der Waals surface area (Å²) in [4.78, 5) is 52.9. The molecule has 2 aromatic carbocycles. The van der Waals surface area contributed by atoms with Crippen LogP contribution in [0.1, 0.15) is 5.56 Å². The highest BCUT2D eigenvalue weighted by molar-refractivity contribution is 8.18. The fourth-order valence-electron chi connectivity index (χ4n) is 3.55. The van der Waals surface area contributed by atoms with Crippen molar-refractivity contribution in [1.82, 2.24) is 9.88 Å². The minimum Gasteiger partial charge on any atom is -0.486 e. The van der Waals surface area contributed by atoms with Crippen LogP contribution in [0.2, 0.25) is 0 Å². The molecule has 1 saturated heterocycles. The van der Waals surface area contributed by atoms with E-state index in [2.05, 4.69) is 10.3 Å². The minimum atomic E-state index is -0.576. The van der Waals surface area contributed by atoms with Crippen LogP contribution >= 0.6 is 11.8 Å². The van der Waals surface area contributed by atoms with E-state index in [4.69, 9.17) is 14.2 Å². The molecule has 1 fully saturated rings. The topological polar surface area (TPSA) is 150 Å². The molecule has 0 bridgehead atoms. The number of fused-ring (bicyclic) bond motifs is 1. The highest BCUT2D eigenvalue weighted by Gasteiger charge is 2.36. The Morgan fingerprint density at radius 1 is 1.11 bits per heavy atom. The molecule has 2 aliphatic rings. The molecule has 1 aromatic heterocycles. The lowest BCUT2D eigenvalue weighted by Gasteiger charge is -2.19. The van der Waals surface area contributed by atoms with Gasteiger partial charge in [0.1, 0.15) is 31.7 Å². The van der Waals surface area contributed by atoms with Crippen LogP contribution in [0.4, 0.5) is 16.2 Å². The summed E-state index contributed by atoms with van der Waals surface area (Å²) in [5.74, 6) is 0.572. The number of nitrogens with one attached hydrogen (secondary N) is 1. The molecular formula is C25H18N4O8S. The second kappa shape index (κ2) is 10.6. The molecule has 0 radical (unpaired) electrons. The molecule has 5 rings (SSSR count). The Kier molecular flexibility index (Phi) is 6.91. The number of nitro groups is 1. The number of ether oxygens (including phenoxy) is 3. The van der Waals surface area contributed by atoms with E-state index in [1.165, 1.54) is 18.2 Å². The van der Waals surface area contributed by atoms with Crippen LogP contribution in [-0.2, 0) is 9.59 Å². The normalized spacial score (nSPS) is 15.5. The quantitative estimate of drug-likeness (QED) is 0.265. The van der Waals surface area contributed by atoms with Gasteiger partial charge in [0.15, 0.2) is 11.5 Å². The highest BCUT2D eigenvalue weighted by atomic mass is 32.2. The smallest absolute Gasteiger partial charge is 0.294 e. The van der Waals surface area contributed by atoms with Gasteiger partial charge in [-0.25, -0.2) is 4.98 Å². The summed E-state index contributed by atoms with van der Waals surface area (Å²) in [7, 11) is 0. The molecule has 192 valence electrons. The molecule has 3 amide bonds. The Labute approximate surface area is 219 Å². The van der Waals surface area contributed by atoms with E-state index in [9.17, 15) is 24.5 Å². The predicted molar refractivity (Wildman–Crippen MR) is 136 cm³/mol. The van der Waals surface area contributed by atoms with Gasteiger partial charge in [-0.2, -0.15) is 0 Å². The number of carbonyl (C=O) groups excluding carboxylic acids is 3. The fraction of sp³-hybridized carbons (Fsp3) is 0.120. The number of aromatic nitrogens is 1. The average molecular weight is 535 g/mol. The highest BCUT2D eigenvalue weighted by Crippen LogP contribution is 2.34. The molecule has 12 nitrogen and oxygen atoms in total. The molecule has 2 aliphatic heterocycles. The van der Waals surface area contributed by atoms with Crippen LogP contribution in [0.25, 0.3) is 6.08 Å². The lowest BCUT2D eigenvalue weighted by Crippen LogP contribution is -2.36. The molecule has 0 atom stereocenters. The van der Waals surface area contributed by atoms with E-state index in [0.29, 0.717) is 41.7 Å². The molecule has 3 aromatic rings. The Hall–Kier alpha value is -4.91. The molecule has 1 N–H and O–H groups in total. The lowest BCUT2D eigenvalue weighted by molar-refractivity contribution is -0.385. The van der Waals surface area contributed by atoms with Gasteiger partial charge in [0.2, 0.25) is 11.8 Å². The van der Waals surface area contributed by atoms with Crippen LogP contribution in [0.5, 0.6) is 23.1 Å². The Morgan fingerprint density at radius 3 is 2.58 bits per heavy atom. The Balaban J connectivity index is 1.19. The van der Waals surface area contributed by atoms with E-state index in [1.54, 1.807) is 42.5 Å². The number of nitrogens with zero attached hydrogens (tertiary/aromatic N) is 3. The number of amides is 3. The molecule has 0 aliphatic carbocycles. The van der Waals surface area contributed by atoms with Gasteiger partial charge >= 0.3 is 0 Å². The van der Waals surface area contributed by atoms with Crippen LogP contribution < -0.4 is 19.5 Å². The number of thioether (sulfide) groups is 1. The lowest BCUT2D eigenvalue weighted by atomic mass is 10.2. The van der Waals surface area contributed by atoms with Gasteiger partial charge in [-0.1, -0.05) is 12.1 Å². The summed E-state index contributed by atoms with van der Waals surface area (Å²) >= 11 is 0.740. The van der Waals surface area contributed by atoms with E-state index in [-0.39, 0.29) is 16.5 Å². The van der Waals surface area contributed by atoms with Crippen molar-refractivity contribution in [1.29, 1.82) is 0 Å². The zero-order valence-electron chi connectivity index (χ0n) is 19.5. The van der Waals surface area contributed by atoms with Gasteiger partial charge in [-0.3, -0.25) is 29.4 Å². The van der Waals surface area contributed by atoms with Crippen molar-refractivity contribution in [2.45, 2.75) is 0 Å². The van der Waals surface area contributed by atoms with Crippen molar-refractivity contribution in [3.63, 3.8) is 0 Å². The summed E-state index contributed by atoms with van der Waals surface area (Å²) in [6.45, 7) is 0.411. The summed E-state index contributed by atoms with van der Waals surface area (Å²) in [6, 6.07) is 14.2. The van der Waals surface area contributed by atoms with Crippen molar-refractivity contribution in [3.05, 3.63) is 81.4 Å². The SMILES string of the molecule is O=C(CN1C(=O)S/C(=C\c2ccc(Oc3ccc([N+](=O)[O-])cn3)cc2)C1=O)Nc1ccc2c(c1)OCCO2. The standard InChI is InChI=1S/C25H18N4O8S/c30-22(27-16-3-7-19-20(12-16)36-10-9-35-19)14-28-24(31)21(38-25(28)32)11-15-1-5-18(6-2-15)37-23-8-4-17(13-26-23)29(33)34/h1-8,11-13H,9-10,14H2,(H,27,30)/b21-11-. The fourth-order valence-corrected chi connectivity index (χ4v) is 4.38. The third kappa shape index (κ3) is 5.57. The minimum absolute atomic E-state index is 0.151. The molecule has 0 unspecified atom stereocenters. The van der Waals surface area contributed by atoms with Gasteiger partial charge in [0.05, 0.1) is 9.83 Å². The van der Waals surface area contributed by atoms with Crippen LogP contribution in [0.15, 0.2) is 65.7 Å². The molecule has 0 saturated carbocycles. The van der Waals surface area contributed by atoms with Gasteiger partial charge in [-0.15, -0.1) is 0 Å². The molecular weight excluding hydrogens is 516 g/mol. The zero-order valence-corrected chi connectivity index (χ0v) is 20.3. The number of rotatable bonds is 7. The van der Waals surface area contributed by atoms with Crippen LogP contribution in [-0.4, -0.2) is 51.6 Å². The van der Waals surface area contributed by atoms with Gasteiger partial charge in [-0.05, 0) is 47.7 Å². The summed E-state index contributed by atoms with van der Waals surface area (Å²) < 4.78 is 16.5. The van der Waals surface area contributed by atoms with Crippen LogP contribution in [0.3, 0.4) is 0 Å². The number of hydrogen-bond donors (Lipinski definition) is 1. The largest absolute Gasteiger partial charge is 0.486 e. The monoisotopic (exact) mass is 534 g/mol. The van der Waals surface area contributed by atoms with Gasteiger partial charge < -0.3 is 19.5 Å². The summed E-state index contributed by atoms with van der Waals surface area (Å²) in [6.07, 6.45) is 2.63. The third-order valence-corrected chi connectivity index (χ3v) is 6.24.